The number of nitrogens with zero attached hydrogens (tertiary/aromatic N) is 1. The van der Waals surface area contributed by atoms with Crippen LogP contribution in [0, 0.1) is 5.92 Å². The third kappa shape index (κ3) is 3.87. The second-order valence-corrected chi connectivity index (χ2v) is 8.14. The molecule has 1 saturated carbocycles. The maximum Gasteiger partial charge on any atom is 0.416 e. The van der Waals surface area contributed by atoms with Crippen molar-refractivity contribution in [3.05, 3.63) is 53.7 Å². The first-order valence-electron chi connectivity index (χ1n) is 7.70. The molecule has 138 valence electrons. The van der Waals surface area contributed by atoms with Crippen LogP contribution in [0.5, 0.6) is 0 Å². The molecular weight excluding hydrogens is 369 g/mol. The van der Waals surface area contributed by atoms with Gasteiger partial charge in [0, 0.05) is 12.2 Å². The Morgan fingerprint density at radius 3 is 2.46 bits per heavy atom. The lowest BCUT2D eigenvalue weighted by atomic mass is 10.0. The topological polar surface area (TPSA) is 76.1 Å². The second kappa shape index (κ2) is 6.39. The van der Waals surface area contributed by atoms with Gasteiger partial charge in [-0.05, 0) is 36.1 Å². The molecule has 2 unspecified atom stereocenters. The first kappa shape index (κ1) is 18.4. The molecule has 3 rings (SSSR count). The summed E-state index contributed by atoms with van der Waals surface area (Å²) in [7, 11) is -3.45. The number of nitrogens with one attached hydrogen (secondary N) is 1. The Labute approximate surface area is 148 Å². The summed E-state index contributed by atoms with van der Waals surface area (Å²) in [6, 6.07) is 7.89. The van der Waals surface area contributed by atoms with Gasteiger partial charge in [-0.2, -0.15) is 13.2 Å². The van der Waals surface area contributed by atoms with E-state index in [0.29, 0.717) is 6.42 Å². The van der Waals surface area contributed by atoms with Gasteiger partial charge in [-0.25, -0.2) is 13.4 Å². The number of carbonyl (C=O) groups excluding carboxylic acids is 1. The van der Waals surface area contributed by atoms with Crippen LogP contribution in [0.1, 0.15) is 23.5 Å². The van der Waals surface area contributed by atoms with E-state index in [1.54, 1.807) is 0 Å². The minimum absolute atomic E-state index is 0.116. The lowest BCUT2D eigenvalue weighted by Crippen LogP contribution is -2.16. The zero-order valence-electron chi connectivity index (χ0n) is 13.6. The van der Waals surface area contributed by atoms with Gasteiger partial charge in [0.2, 0.25) is 5.91 Å². The van der Waals surface area contributed by atoms with Gasteiger partial charge in [-0.15, -0.1) is 0 Å². The van der Waals surface area contributed by atoms with Crippen molar-refractivity contribution in [2.45, 2.75) is 23.5 Å². The predicted molar refractivity (Wildman–Crippen MR) is 88.3 cm³/mol. The van der Waals surface area contributed by atoms with Crippen molar-refractivity contribution in [2.24, 2.45) is 5.92 Å². The maximum atomic E-state index is 13.1. The van der Waals surface area contributed by atoms with Gasteiger partial charge in [0.05, 0.1) is 17.4 Å². The molecule has 5 nitrogen and oxygen atoms in total. The fraction of sp³-hybridized carbons (Fsp3) is 0.294. The maximum absolute atomic E-state index is 13.1. The summed E-state index contributed by atoms with van der Waals surface area (Å²) >= 11 is 0. The van der Waals surface area contributed by atoms with E-state index in [2.05, 4.69) is 10.3 Å². The number of carbonyl (C=O) groups is 1. The SMILES string of the molecule is CS(=O)(=O)c1ccc(NC(=O)C2CC2c2ccccc2C(F)(F)F)cn1. The predicted octanol–water partition coefficient (Wildman–Crippen LogP) is 3.25. The number of anilines is 1. The fourth-order valence-electron chi connectivity index (χ4n) is 2.82. The Hall–Kier alpha value is -2.42. The van der Waals surface area contributed by atoms with Crippen molar-refractivity contribution in [3.63, 3.8) is 0 Å². The molecule has 1 aliphatic rings. The Morgan fingerprint density at radius 2 is 1.88 bits per heavy atom. The molecule has 26 heavy (non-hydrogen) atoms. The zero-order valence-corrected chi connectivity index (χ0v) is 14.4. The molecule has 0 bridgehead atoms. The summed E-state index contributed by atoms with van der Waals surface area (Å²) in [4.78, 5) is 16.0. The first-order chi connectivity index (χ1) is 12.1. The molecule has 0 spiro atoms. The van der Waals surface area contributed by atoms with E-state index in [4.69, 9.17) is 0 Å². The lowest BCUT2D eigenvalue weighted by molar-refractivity contribution is -0.138. The van der Waals surface area contributed by atoms with Crippen LogP contribution in [-0.2, 0) is 20.8 Å². The van der Waals surface area contributed by atoms with E-state index in [9.17, 15) is 26.4 Å². The molecule has 1 aromatic heterocycles. The van der Waals surface area contributed by atoms with Crippen LogP contribution in [0.25, 0.3) is 0 Å². The van der Waals surface area contributed by atoms with E-state index in [1.807, 2.05) is 0 Å². The van der Waals surface area contributed by atoms with E-state index in [0.717, 1.165) is 12.3 Å². The highest BCUT2D eigenvalue weighted by atomic mass is 32.2. The highest BCUT2D eigenvalue weighted by Gasteiger charge is 2.47. The van der Waals surface area contributed by atoms with E-state index in [-0.39, 0.29) is 16.3 Å². The summed E-state index contributed by atoms with van der Waals surface area (Å²) in [5.74, 6) is -1.47. The molecule has 1 aromatic carbocycles. The summed E-state index contributed by atoms with van der Waals surface area (Å²) < 4.78 is 62.0. The molecule has 1 amide bonds. The van der Waals surface area contributed by atoms with Crippen LogP contribution in [-0.4, -0.2) is 25.6 Å². The minimum Gasteiger partial charge on any atom is -0.324 e. The Bertz CT molecular complexity index is 940. The van der Waals surface area contributed by atoms with E-state index >= 15 is 0 Å². The molecule has 1 heterocycles. The van der Waals surface area contributed by atoms with Crippen molar-refractivity contribution in [3.8, 4) is 0 Å². The summed E-state index contributed by atoms with van der Waals surface area (Å²) in [5, 5.41) is 2.44. The number of amides is 1. The number of benzene rings is 1. The molecule has 0 saturated heterocycles. The van der Waals surface area contributed by atoms with Gasteiger partial charge in [0.25, 0.3) is 0 Å². The molecule has 1 aliphatic carbocycles. The van der Waals surface area contributed by atoms with Gasteiger partial charge in [0.15, 0.2) is 14.9 Å². The molecule has 0 radical (unpaired) electrons. The van der Waals surface area contributed by atoms with Gasteiger partial charge < -0.3 is 5.32 Å². The number of hydrogen-bond donors (Lipinski definition) is 1. The average molecular weight is 384 g/mol. The molecule has 2 aromatic rings. The van der Waals surface area contributed by atoms with Crippen molar-refractivity contribution < 1.29 is 26.4 Å². The number of rotatable bonds is 4. The summed E-state index contributed by atoms with van der Waals surface area (Å²) in [6.07, 6.45) is -1.92. The summed E-state index contributed by atoms with van der Waals surface area (Å²) in [6.45, 7) is 0. The highest BCUT2D eigenvalue weighted by molar-refractivity contribution is 7.90. The van der Waals surface area contributed by atoms with Crippen molar-refractivity contribution in [2.75, 3.05) is 11.6 Å². The Morgan fingerprint density at radius 1 is 1.19 bits per heavy atom. The standard InChI is InChI=1S/C17H15F3N2O3S/c1-26(24,25)15-7-6-10(9-21-15)22-16(23)13-8-12(13)11-4-2-3-5-14(11)17(18,19)20/h2-7,9,12-13H,8H2,1H3,(H,22,23). The normalized spacial score (nSPS) is 19.8. The highest BCUT2D eigenvalue weighted by Crippen LogP contribution is 2.51. The van der Waals surface area contributed by atoms with Crippen LogP contribution in [0.4, 0.5) is 18.9 Å². The average Bonchev–Trinajstić information content (AvgIpc) is 3.34. The molecule has 9 heteroatoms. The second-order valence-electron chi connectivity index (χ2n) is 6.18. The number of halogens is 3. The van der Waals surface area contributed by atoms with Gasteiger partial charge in [-0.3, -0.25) is 4.79 Å². The molecule has 2 atom stereocenters. The number of pyridine rings is 1. The largest absolute Gasteiger partial charge is 0.416 e. The van der Waals surface area contributed by atoms with E-state index < -0.39 is 39.3 Å². The Balaban J connectivity index is 1.71. The van der Waals surface area contributed by atoms with Crippen LogP contribution in [0.2, 0.25) is 0 Å². The van der Waals surface area contributed by atoms with Crippen LogP contribution in [0.15, 0.2) is 47.6 Å². The quantitative estimate of drug-likeness (QED) is 0.878. The number of aromatic nitrogens is 1. The lowest BCUT2D eigenvalue weighted by Gasteiger charge is -2.12. The third-order valence-corrected chi connectivity index (χ3v) is 5.18. The van der Waals surface area contributed by atoms with Crippen molar-refractivity contribution >= 4 is 21.4 Å². The molecule has 1 fully saturated rings. The fourth-order valence-corrected chi connectivity index (χ4v) is 3.37. The smallest absolute Gasteiger partial charge is 0.324 e. The van der Waals surface area contributed by atoms with Gasteiger partial charge >= 0.3 is 6.18 Å². The first-order valence-corrected chi connectivity index (χ1v) is 9.59. The van der Waals surface area contributed by atoms with Gasteiger partial charge in [-0.1, -0.05) is 18.2 Å². The van der Waals surface area contributed by atoms with Crippen LogP contribution >= 0.6 is 0 Å². The number of sulfone groups is 1. The van der Waals surface area contributed by atoms with Crippen LogP contribution in [0.3, 0.4) is 0 Å². The minimum atomic E-state index is -4.47. The molecule has 1 N–H and O–H groups in total. The third-order valence-electron chi connectivity index (χ3n) is 4.18. The number of hydrogen-bond acceptors (Lipinski definition) is 4. The monoisotopic (exact) mass is 384 g/mol. The molecule has 0 aliphatic heterocycles. The van der Waals surface area contributed by atoms with Crippen molar-refractivity contribution in [1.82, 2.24) is 4.98 Å². The zero-order chi connectivity index (χ0) is 19.1. The summed E-state index contributed by atoms with van der Waals surface area (Å²) in [5.41, 5.74) is -0.317. The van der Waals surface area contributed by atoms with Crippen molar-refractivity contribution in [1.29, 1.82) is 0 Å². The van der Waals surface area contributed by atoms with Crippen LogP contribution < -0.4 is 5.32 Å². The van der Waals surface area contributed by atoms with Gasteiger partial charge in [0.1, 0.15) is 0 Å². The Kier molecular flexibility index (Phi) is 4.51. The molecular formula is C17H15F3N2O3S. The van der Waals surface area contributed by atoms with E-state index in [1.165, 1.54) is 36.5 Å². The number of alkyl halides is 3.